The van der Waals surface area contributed by atoms with E-state index in [0.29, 0.717) is 12.5 Å². The summed E-state index contributed by atoms with van der Waals surface area (Å²) in [4.78, 5) is 4.90. The molecule has 0 aromatic carbocycles. The number of morpholine rings is 1. The average molecular weight is 321 g/mol. The number of nitrogens with zero attached hydrogens (tertiary/aromatic N) is 3. The molecule has 0 unspecified atom stereocenters. The van der Waals surface area contributed by atoms with Gasteiger partial charge in [-0.05, 0) is 32.7 Å². The van der Waals surface area contributed by atoms with Crippen molar-refractivity contribution in [1.29, 1.82) is 0 Å². The molecule has 6 heteroatoms. The maximum Gasteiger partial charge on any atom is 0.0594 e. The molecule has 1 aliphatic heterocycles. The Kier molecular flexibility index (Phi) is 6.05. The van der Waals surface area contributed by atoms with Crippen LogP contribution in [0, 0.1) is 0 Å². The van der Waals surface area contributed by atoms with Gasteiger partial charge in [-0.25, -0.2) is 0 Å². The molecular formula is C17H31N5O. The largest absolute Gasteiger partial charge is 0.379 e. The van der Waals surface area contributed by atoms with Gasteiger partial charge in [0.25, 0.3) is 0 Å². The van der Waals surface area contributed by atoms with E-state index in [1.807, 2.05) is 6.20 Å². The third kappa shape index (κ3) is 4.32. The third-order valence-electron chi connectivity index (χ3n) is 5.37. The predicted molar refractivity (Wildman–Crippen MR) is 91.4 cm³/mol. The second kappa shape index (κ2) is 8.24. The maximum absolute atomic E-state index is 5.65. The molecule has 2 aliphatic rings. The van der Waals surface area contributed by atoms with Crippen molar-refractivity contribution in [3.63, 3.8) is 0 Å². The van der Waals surface area contributed by atoms with Gasteiger partial charge in [-0.15, -0.1) is 0 Å². The number of hydrogen-bond donors (Lipinski definition) is 2. The quantitative estimate of drug-likeness (QED) is 0.823. The van der Waals surface area contributed by atoms with Gasteiger partial charge in [0, 0.05) is 55.9 Å². The van der Waals surface area contributed by atoms with E-state index >= 15 is 0 Å². The molecule has 1 aliphatic carbocycles. The van der Waals surface area contributed by atoms with Gasteiger partial charge >= 0.3 is 0 Å². The number of likely N-dealkylation sites (N-methyl/N-ethyl adjacent to an activating group) is 1. The van der Waals surface area contributed by atoms with Crippen molar-refractivity contribution in [2.45, 2.75) is 44.2 Å². The summed E-state index contributed by atoms with van der Waals surface area (Å²) < 4.78 is 5.47. The summed E-state index contributed by atoms with van der Waals surface area (Å²) in [6, 6.07) is 0.751. The van der Waals surface area contributed by atoms with Gasteiger partial charge in [-0.3, -0.25) is 10.00 Å². The number of aromatic nitrogens is 2. The molecule has 2 heterocycles. The molecule has 130 valence electrons. The molecule has 3 N–H and O–H groups in total. The van der Waals surface area contributed by atoms with Crippen molar-refractivity contribution < 1.29 is 4.74 Å². The molecule has 0 atom stereocenters. The Bertz CT molecular complexity index is 463. The lowest BCUT2D eigenvalue weighted by atomic mass is 9.82. The second-order valence-corrected chi connectivity index (χ2v) is 6.99. The number of rotatable bonds is 6. The maximum atomic E-state index is 5.65. The van der Waals surface area contributed by atoms with Crippen molar-refractivity contribution in [2.24, 2.45) is 5.73 Å². The van der Waals surface area contributed by atoms with E-state index in [-0.39, 0.29) is 0 Å². The van der Waals surface area contributed by atoms with Crippen LogP contribution in [0.1, 0.15) is 42.9 Å². The lowest BCUT2D eigenvalue weighted by Crippen LogP contribution is -2.44. The number of nitrogens with one attached hydrogen (secondary N) is 1. The highest BCUT2D eigenvalue weighted by Gasteiger charge is 2.29. The van der Waals surface area contributed by atoms with Crippen LogP contribution in [-0.4, -0.2) is 72.5 Å². The predicted octanol–water partition coefficient (Wildman–Crippen LogP) is 1.16. The molecule has 1 saturated carbocycles. The molecule has 23 heavy (non-hydrogen) atoms. The minimum atomic E-state index is 0.635. The van der Waals surface area contributed by atoms with Gasteiger partial charge in [-0.1, -0.05) is 0 Å². The lowest BCUT2D eigenvalue weighted by molar-refractivity contribution is 0.00718. The standard InChI is InChI=1S/C17H31N5O/c1-21(7-6-18)13-15-12-19-20-17(15)14-2-4-16(5-3-14)22-8-10-23-11-9-22/h12,14,16H,2-11,13,18H2,1H3,(H,19,20). The minimum absolute atomic E-state index is 0.635. The van der Waals surface area contributed by atoms with Gasteiger partial charge in [-0.2, -0.15) is 5.10 Å². The van der Waals surface area contributed by atoms with Crippen LogP contribution >= 0.6 is 0 Å². The van der Waals surface area contributed by atoms with Crippen molar-refractivity contribution in [1.82, 2.24) is 20.0 Å². The van der Waals surface area contributed by atoms with Gasteiger partial charge in [0.05, 0.1) is 19.4 Å². The normalized spacial score (nSPS) is 26.7. The number of nitrogens with two attached hydrogens (primary N) is 1. The molecule has 6 nitrogen and oxygen atoms in total. The van der Waals surface area contributed by atoms with Crippen LogP contribution < -0.4 is 5.73 Å². The summed E-state index contributed by atoms with van der Waals surface area (Å²) in [7, 11) is 2.12. The molecule has 0 radical (unpaired) electrons. The van der Waals surface area contributed by atoms with Crippen molar-refractivity contribution >= 4 is 0 Å². The third-order valence-corrected chi connectivity index (χ3v) is 5.37. The molecule has 0 bridgehead atoms. The van der Waals surface area contributed by atoms with E-state index in [1.165, 1.54) is 36.9 Å². The lowest BCUT2D eigenvalue weighted by Gasteiger charge is -2.38. The van der Waals surface area contributed by atoms with E-state index in [0.717, 1.165) is 45.4 Å². The van der Waals surface area contributed by atoms with Crippen LogP contribution in [0.3, 0.4) is 0 Å². The Labute approximate surface area is 139 Å². The Morgan fingerprint density at radius 3 is 2.74 bits per heavy atom. The SMILES string of the molecule is CN(CCN)Cc1cn[nH]c1C1CCC(N2CCOCC2)CC1. The van der Waals surface area contributed by atoms with E-state index in [4.69, 9.17) is 10.5 Å². The first-order valence-corrected chi connectivity index (χ1v) is 9.00. The molecule has 2 fully saturated rings. The first-order valence-electron chi connectivity index (χ1n) is 9.00. The van der Waals surface area contributed by atoms with E-state index < -0.39 is 0 Å². The van der Waals surface area contributed by atoms with Gasteiger partial charge in [0.15, 0.2) is 0 Å². The van der Waals surface area contributed by atoms with Crippen LogP contribution in [0.2, 0.25) is 0 Å². The zero-order valence-corrected chi connectivity index (χ0v) is 14.3. The fraction of sp³-hybridized carbons (Fsp3) is 0.824. The Morgan fingerprint density at radius 2 is 2.04 bits per heavy atom. The van der Waals surface area contributed by atoms with Crippen LogP contribution in [0.25, 0.3) is 0 Å². The molecular weight excluding hydrogens is 290 g/mol. The Morgan fingerprint density at radius 1 is 1.30 bits per heavy atom. The van der Waals surface area contributed by atoms with Crippen LogP contribution in [0.15, 0.2) is 6.20 Å². The second-order valence-electron chi connectivity index (χ2n) is 6.99. The first-order chi connectivity index (χ1) is 11.3. The molecule has 1 aromatic heterocycles. The fourth-order valence-corrected chi connectivity index (χ4v) is 4.06. The van der Waals surface area contributed by atoms with Crippen LogP contribution in [0.5, 0.6) is 0 Å². The first kappa shape index (κ1) is 16.9. The zero-order chi connectivity index (χ0) is 16.1. The Balaban J connectivity index is 1.54. The highest BCUT2D eigenvalue weighted by molar-refractivity contribution is 5.21. The highest BCUT2D eigenvalue weighted by atomic mass is 16.5. The summed E-state index contributed by atoms with van der Waals surface area (Å²) in [5.41, 5.74) is 8.35. The number of aromatic amines is 1. The average Bonchev–Trinajstić information content (AvgIpc) is 3.04. The van der Waals surface area contributed by atoms with E-state index in [9.17, 15) is 0 Å². The monoisotopic (exact) mass is 321 g/mol. The molecule has 0 amide bonds. The zero-order valence-electron chi connectivity index (χ0n) is 14.3. The molecule has 0 spiro atoms. The number of hydrogen-bond acceptors (Lipinski definition) is 5. The van der Waals surface area contributed by atoms with E-state index in [1.54, 1.807) is 0 Å². The van der Waals surface area contributed by atoms with Crippen molar-refractivity contribution in [3.05, 3.63) is 17.5 Å². The van der Waals surface area contributed by atoms with Gasteiger partial charge in [0.1, 0.15) is 0 Å². The molecule has 1 aromatic rings. The smallest absolute Gasteiger partial charge is 0.0594 e. The minimum Gasteiger partial charge on any atom is -0.379 e. The molecule has 1 saturated heterocycles. The number of ether oxygens (including phenoxy) is 1. The topological polar surface area (TPSA) is 70.4 Å². The van der Waals surface area contributed by atoms with Crippen molar-refractivity contribution in [2.75, 3.05) is 46.4 Å². The summed E-state index contributed by atoms with van der Waals surface area (Å²) in [5.74, 6) is 0.635. The van der Waals surface area contributed by atoms with Crippen molar-refractivity contribution in [3.8, 4) is 0 Å². The molecule has 3 rings (SSSR count). The van der Waals surface area contributed by atoms with Gasteiger partial charge < -0.3 is 15.4 Å². The summed E-state index contributed by atoms with van der Waals surface area (Å²) >= 11 is 0. The number of H-pyrrole nitrogens is 1. The summed E-state index contributed by atoms with van der Waals surface area (Å²) in [6.45, 7) is 6.58. The summed E-state index contributed by atoms with van der Waals surface area (Å²) in [5, 5.41) is 7.59. The van der Waals surface area contributed by atoms with Crippen LogP contribution in [0.4, 0.5) is 0 Å². The fourth-order valence-electron chi connectivity index (χ4n) is 4.06. The van der Waals surface area contributed by atoms with Crippen LogP contribution in [-0.2, 0) is 11.3 Å². The van der Waals surface area contributed by atoms with E-state index in [2.05, 4.69) is 27.0 Å². The Hall–Kier alpha value is -0.950. The summed E-state index contributed by atoms with van der Waals surface area (Å²) in [6.07, 6.45) is 7.11. The van der Waals surface area contributed by atoms with Gasteiger partial charge in [0.2, 0.25) is 0 Å². The highest BCUT2D eigenvalue weighted by Crippen LogP contribution is 2.35.